The van der Waals surface area contributed by atoms with Gasteiger partial charge in [-0.2, -0.15) is 0 Å². The normalized spacial score (nSPS) is 10.7. The van der Waals surface area contributed by atoms with Gasteiger partial charge < -0.3 is 16.4 Å². The number of carbonyl (C=O) groups excluding carboxylic acids is 2. The summed E-state index contributed by atoms with van der Waals surface area (Å²) < 4.78 is 12.8. The van der Waals surface area contributed by atoms with Gasteiger partial charge in [0, 0.05) is 24.7 Å². The SMILES string of the molecule is NCCCNC(=O)c1ccc(CNC(=O)/C=C/c2ccc(F)cc2)cc1. The monoisotopic (exact) mass is 355 g/mol. The standard InChI is InChI=1S/C20H22FN3O2/c21-18-9-4-15(5-10-18)6-11-19(25)24-14-16-2-7-17(8-3-16)20(26)23-13-1-12-22/h2-11H,1,12-14,22H2,(H,23,26)(H,24,25)/b11-6+. The highest BCUT2D eigenvalue weighted by molar-refractivity contribution is 5.94. The highest BCUT2D eigenvalue weighted by atomic mass is 19.1. The zero-order valence-electron chi connectivity index (χ0n) is 14.4. The van der Waals surface area contributed by atoms with Crippen LogP contribution in [0.1, 0.15) is 27.9 Å². The predicted octanol–water partition coefficient (Wildman–Crippen LogP) is 2.23. The fourth-order valence-corrected chi connectivity index (χ4v) is 2.17. The van der Waals surface area contributed by atoms with E-state index in [4.69, 9.17) is 5.73 Å². The minimum atomic E-state index is -0.317. The third kappa shape index (κ3) is 6.49. The summed E-state index contributed by atoms with van der Waals surface area (Å²) in [6, 6.07) is 12.9. The second-order valence-corrected chi connectivity index (χ2v) is 5.70. The van der Waals surface area contributed by atoms with E-state index in [0.29, 0.717) is 25.2 Å². The van der Waals surface area contributed by atoms with Gasteiger partial charge in [-0.05, 0) is 54.4 Å². The second-order valence-electron chi connectivity index (χ2n) is 5.70. The first-order valence-electron chi connectivity index (χ1n) is 8.37. The van der Waals surface area contributed by atoms with E-state index in [9.17, 15) is 14.0 Å². The van der Waals surface area contributed by atoms with Gasteiger partial charge in [0.2, 0.25) is 5.91 Å². The van der Waals surface area contributed by atoms with Crippen LogP contribution in [0.2, 0.25) is 0 Å². The van der Waals surface area contributed by atoms with Gasteiger partial charge in [0.05, 0.1) is 0 Å². The molecule has 4 N–H and O–H groups in total. The fourth-order valence-electron chi connectivity index (χ4n) is 2.17. The maximum atomic E-state index is 12.8. The van der Waals surface area contributed by atoms with Gasteiger partial charge in [-0.3, -0.25) is 9.59 Å². The van der Waals surface area contributed by atoms with E-state index < -0.39 is 0 Å². The van der Waals surface area contributed by atoms with E-state index in [1.807, 2.05) is 0 Å². The Bertz CT molecular complexity index is 756. The molecule has 6 heteroatoms. The Hall–Kier alpha value is -2.99. The van der Waals surface area contributed by atoms with E-state index in [1.54, 1.807) is 42.5 Å². The van der Waals surface area contributed by atoms with Crippen LogP contribution in [0.4, 0.5) is 4.39 Å². The van der Waals surface area contributed by atoms with Crippen LogP contribution in [-0.2, 0) is 11.3 Å². The number of hydrogen-bond donors (Lipinski definition) is 3. The molecule has 26 heavy (non-hydrogen) atoms. The number of nitrogens with one attached hydrogen (secondary N) is 2. The van der Waals surface area contributed by atoms with Crippen molar-refractivity contribution in [2.45, 2.75) is 13.0 Å². The lowest BCUT2D eigenvalue weighted by atomic mass is 10.1. The molecular formula is C20H22FN3O2. The van der Waals surface area contributed by atoms with Crippen molar-refractivity contribution in [1.29, 1.82) is 0 Å². The molecule has 136 valence electrons. The van der Waals surface area contributed by atoms with E-state index in [1.165, 1.54) is 18.2 Å². The number of amides is 2. The van der Waals surface area contributed by atoms with Gasteiger partial charge in [0.15, 0.2) is 0 Å². The van der Waals surface area contributed by atoms with Gasteiger partial charge in [-0.1, -0.05) is 24.3 Å². The van der Waals surface area contributed by atoms with Gasteiger partial charge in [0.1, 0.15) is 5.82 Å². The summed E-state index contributed by atoms with van der Waals surface area (Å²) in [6.07, 6.45) is 3.75. The Morgan fingerprint density at radius 2 is 1.69 bits per heavy atom. The van der Waals surface area contributed by atoms with Gasteiger partial charge in [-0.25, -0.2) is 4.39 Å². The molecule has 2 rings (SSSR count). The smallest absolute Gasteiger partial charge is 0.251 e. The molecule has 2 aromatic rings. The zero-order chi connectivity index (χ0) is 18.8. The Labute approximate surface area is 152 Å². The van der Waals surface area contributed by atoms with Crippen molar-refractivity contribution in [2.24, 2.45) is 5.73 Å². The van der Waals surface area contributed by atoms with Crippen LogP contribution >= 0.6 is 0 Å². The molecule has 0 radical (unpaired) electrons. The number of benzene rings is 2. The molecule has 0 fully saturated rings. The molecule has 2 aromatic carbocycles. The van der Waals surface area contributed by atoms with Crippen LogP contribution in [0.5, 0.6) is 0 Å². The molecule has 0 aromatic heterocycles. The van der Waals surface area contributed by atoms with Crippen LogP contribution in [0.3, 0.4) is 0 Å². The van der Waals surface area contributed by atoms with Crippen molar-refractivity contribution in [2.75, 3.05) is 13.1 Å². The Kier molecular flexibility index (Phi) is 7.51. The fraction of sp³-hybridized carbons (Fsp3) is 0.200. The molecule has 0 saturated heterocycles. The van der Waals surface area contributed by atoms with Crippen molar-refractivity contribution in [3.8, 4) is 0 Å². The molecule has 0 aliphatic heterocycles. The minimum Gasteiger partial charge on any atom is -0.352 e. The second kappa shape index (κ2) is 10.1. The summed E-state index contributed by atoms with van der Waals surface area (Å²) in [5.41, 5.74) is 7.57. The van der Waals surface area contributed by atoms with Crippen molar-refractivity contribution in [1.82, 2.24) is 10.6 Å². The third-order valence-corrected chi connectivity index (χ3v) is 3.65. The lowest BCUT2D eigenvalue weighted by Gasteiger charge is -2.06. The third-order valence-electron chi connectivity index (χ3n) is 3.65. The summed E-state index contributed by atoms with van der Waals surface area (Å²) in [5.74, 6) is -0.711. The van der Waals surface area contributed by atoms with Crippen molar-refractivity contribution >= 4 is 17.9 Å². The molecule has 5 nitrogen and oxygen atoms in total. The highest BCUT2D eigenvalue weighted by Crippen LogP contribution is 2.06. The Balaban J connectivity index is 1.80. The molecule has 0 heterocycles. The van der Waals surface area contributed by atoms with Crippen LogP contribution in [-0.4, -0.2) is 24.9 Å². The summed E-state index contributed by atoms with van der Waals surface area (Å²) in [5, 5.41) is 5.54. The first-order chi connectivity index (χ1) is 12.6. The number of carbonyl (C=O) groups is 2. The maximum absolute atomic E-state index is 12.8. The van der Waals surface area contributed by atoms with Crippen LogP contribution < -0.4 is 16.4 Å². The van der Waals surface area contributed by atoms with Gasteiger partial charge >= 0.3 is 0 Å². The number of nitrogens with two attached hydrogens (primary N) is 1. The predicted molar refractivity (Wildman–Crippen MR) is 99.7 cm³/mol. The van der Waals surface area contributed by atoms with Crippen molar-refractivity contribution < 1.29 is 14.0 Å². The summed E-state index contributed by atoms with van der Waals surface area (Å²) in [6.45, 7) is 1.43. The Morgan fingerprint density at radius 3 is 2.35 bits per heavy atom. The lowest BCUT2D eigenvalue weighted by molar-refractivity contribution is -0.116. The molecule has 0 unspecified atom stereocenters. The zero-order valence-corrected chi connectivity index (χ0v) is 14.4. The average Bonchev–Trinajstić information content (AvgIpc) is 2.66. The average molecular weight is 355 g/mol. The number of rotatable bonds is 8. The molecule has 0 saturated carbocycles. The molecule has 0 spiro atoms. The lowest BCUT2D eigenvalue weighted by Crippen LogP contribution is -2.26. The molecule has 2 amide bonds. The summed E-state index contributed by atoms with van der Waals surface area (Å²) in [4.78, 5) is 23.7. The first-order valence-corrected chi connectivity index (χ1v) is 8.37. The van der Waals surface area contributed by atoms with Crippen molar-refractivity contribution in [3.63, 3.8) is 0 Å². The molecule has 0 atom stereocenters. The number of halogens is 1. The minimum absolute atomic E-state index is 0.142. The van der Waals surface area contributed by atoms with E-state index >= 15 is 0 Å². The molecule has 0 aliphatic carbocycles. The quantitative estimate of drug-likeness (QED) is 0.501. The van der Waals surface area contributed by atoms with Crippen LogP contribution in [0.15, 0.2) is 54.6 Å². The topological polar surface area (TPSA) is 84.2 Å². The first kappa shape index (κ1) is 19.3. The van der Waals surface area contributed by atoms with E-state index in [-0.39, 0.29) is 17.6 Å². The summed E-state index contributed by atoms with van der Waals surface area (Å²) >= 11 is 0. The number of hydrogen-bond acceptors (Lipinski definition) is 3. The van der Waals surface area contributed by atoms with Crippen molar-refractivity contribution in [3.05, 3.63) is 77.1 Å². The van der Waals surface area contributed by atoms with E-state index in [0.717, 1.165) is 17.5 Å². The highest BCUT2D eigenvalue weighted by Gasteiger charge is 2.04. The van der Waals surface area contributed by atoms with Crippen LogP contribution in [0.25, 0.3) is 6.08 Å². The molecule has 0 aliphatic rings. The molecular weight excluding hydrogens is 333 g/mol. The van der Waals surface area contributed by atoms with Gasteiger partial charge in [-0.15, -0.1) is 0 Å². The summed E-state index contributed by atoms with van der Waals surface area (Å²) in [7, 11) is 0. The van der Waals surface area contributed by atoms with Gasteiger partial charge in [0.25, 0.3) is 5.91 Å². The van der Waals surface area contributed by atoms with Crippen LogP contribution in [0, 0.1) is 5.82 Å². The maximum Gasteiger partial charge on any atom is 0.251 e. The largest absolute Gasteiger partial charge is 0.352 e. The molecule has 0 bridgehead atoms. The van der Waals surface area contributed by atoms with E-state index in [2.05, 4.69) is 10.6 Å². The Morgan fingerprint density at radius 1 is 1.00 bits per heavy atom.